The van der Waals surface area contributed by atoms with Crippen LogP contribution < -0.4 is 0 Å². The first-order valence-corrected chi connectivity index (χ1v) is 17.6. The van der Waals surface area contributed by atoms with Crippen LogP contribution in [0.4, 0.5) is 0 Å². The van der Waals surface area contributed by atoms with Gasteiger partial charge in [-0.2, -0.15) is 0 Å². The van der Waals surface area contributed by atoms with Crippen molar-refractivity contribution in [2.45, 2.75) is 72.6 Å². The van der Waals surface area contributed by atoms with Gasteiger partial charge >= 0.3 is 151 Å². The third-order valence-electron chi connectivity index (χ3n) is 4.61. The summed E-state index contributed by atoms with van der Waals surface area (Å²) in [4.78, 5) is 0. The topological polar surface area (TPSA) is 0 Å². The van der Waals surface area contributed by atoms with Crippen molar-refractivity contribution in [2.24, 2.45) is 0 Å². The number of hydrogen-bond donors (Lipinski definition) is 0. The third kappa shape index (κ3) is 7.21. The summed E-state index contributed by atoms with van der Waals surface area (Å²) >= 11 is 1.58. The molecule has 0 aliphatic carbocycles. The first-order chi connectivity index (χ1) is 10.7. The van der Waals surface area contributed by atoms with Crippen molar-refractivity contribution in [1.82, 2.24) is 0 Å². The Kier molecular flexibility index (Phi) is 10.8. The molecule has 0 heterocycles. The van der Waals surface area contributed by atoms with E-state index in [0.29, 0.717) is 0 Å². The molecular formula is C20H33BrSn. The van der Waals surface area contributed by atoms with Crippen molar-refractivity contribution in [1.29, 1.82) is 0 Å². The summed E-state index contributed by atoms with van der Waals surface area (Å²) in [5.74, 6) is 0. The molecule has 124 valence electrons. The number of halogens is 1. The predicted octanol–water partition coefficient (Wildman–Crippen LogP) is 7.85. The van der Waals surface area contributed by atoms with Crippen LogP contribution in [0, 0.1) is 0 Å². The Morgan fingerprint density at radius 3 is 1.82 bits per heavy atom. The number of hydrogen-bond acceptors (Lipinski definition) is 0. The van der Waals surface area contributed by atoms with E-state index in [4.69, 9.17) is 0 Å². The Morgan fingerprint density at radius 2 is 1.36 bits per heavy atom. The number of benzene rings is 1. The zero-order chi connectivity index (χ0) is 16.3. The van der Waals surface area contributed by atoms with Crippen LogP contribution in [0.15, 0.2) is 32.8 Å². The summed E-state index contributed by atoms with van der Waals surface area (Å²) in [7, 11) is 0. The van der Waals surface area contributed by atoms with Crippen LogP contribution in [-0.4, -0.2) is 18.4 Å². The molecule has 1 rings (SSSR count). The molecule has 22 heavy (non-hydrogen) atoms. The van der Waals surface area contributed by atoms with E-state index >= 15 is 0 Å². The Hall–Kier alpha value is 0.239. The fraction of sp³-hybridized carbons (Fsp3) is 0.600. The average molecular weight is 472 g/mol. The van der Waals surface area contributed by atoms with Crippen LogP contribution in [0.1, 0.15) is 64.9 Å². The minimum atomic E-state index is -2.12. The fourth-order valence-electron chi connectivity index (χ4n) is 3.09. The fourth-order valence-corrected chi connectivity index (χ4v) is 17.7. The summed E-state index contributed by atoms with van der Waals surface area (Å²) in [5, 5.41) is 0. The van der Waals surface area contributed by atoms with Gasteiger partial charge in [-0.3, -0.25) is 0 Å². The molecule has 2 heteroatoms. The van der Waals surface area contributed by atoms with Crippen molar-refractivity contribution in [3.05, 3.63) is 38.4 Å². The summed E-state index contributed by atoms with van der Waals surface area (Å²) in [6, 6.07) is 8.63. The molecule has 0 radical (unpaired) electrons. The van der Waals surface area contributed by atoms with Gasteiger partial charge in [0.25, 0.3) is 0 Å². The summed E-state index contributed by atoms with van der Waals surface area (Å²) in [5.41, 5.74) is 1.35. The van der Waals surface area contributed by atoms with Gasteiger partial charge in [0.15, 0.2) is 0 Å². The molecule has 0 amide bonds. The minimum absolute atomic E-state index is 1.23. The van der Waals surface area contributed by atoms with Gasteiger partial charge < -0.3 is 0 Å². The molecule has 1 aromatic carbocycles. The van der Waals surface area contributed by atoms with Gasteiger partial charge in [-0.1, -0.05) is 0 Å². The van der Waals surface area contributed by atoms with E-state index in [2.05, 4.69) is 71.1 Å². The van der Waals surface area contributed by atoms with Gasteiger partial charge in [-0.25, -0.2) is 0 Å². The standard InChI is InChI=1S/C8H6Br.3C4H9.Sn/c1-2-7-5-3-4-6-8(7)9;3*1-3-4-2;/h1-6H;3*1,3-4H2,2H3;. The predicted molar refractivity (Wildman–Crippen MR) is 108 cm³/mol. The van der Waals surface area contributed by atoms with Crippen LogP contribution in [0.25, 0.3) is 6.08 Å². The van der Waals surface area contributed by atoms with Gasteiger partial charge in [0, 0.05) is 0 Å². The van der Waals surface area contributed by atoms with Gasteiger partial charge in [0.1, 0.15) is 0 Å². The van der Waals surface area contributed by atoms with E-state index in [-0.39, 0.29) is 0 Å². The molecule has 0 unspecified atom stereocenters. The molecule has 0 aliphatic heterocycles. The number of unbranched alkanes of at least 4 members (excludes halogenated alkanes) is 3. The molecular weight excluding hydrogens is 439 g/mol. The SMILES string of the molecule is CCC[CH2][Sn](/[CH]=C/c1ccccc1Br)([CH2]CCC)[CH2]CCC. The Balaban J connectivity index is 2.96. The van der Waals surface area contributed by atoms with E-state index < -0.39 is 18.4 Å². The van der Waals surface area contributed by atoms with Crippen LogP contribution in [0.5, 0.6) is 0 Å². The second kappa shape index (κ2) is 11.7. The van der Waals surface area contributed by atoms with Crippen LogP contribution in [0.3, 0.4) is 0 Å². The Bertz CT molecular complexity index is 417. The van der Waals surface area contributed by atoms with Gasteiger partial charge in [-0.05, 0) is 0 Å². The van der Waals surface area contributed by atoms with Crippen molar-refractivity contribution in [2.75, 3.05) is 0 Å². The molecule has 0 spiro atoms. The second-order valence-corrected chi connectivity index (χ2v) is 20.4. The Morgan fingerprint density at radius 1 is 0.864 bits per heavy atom. The zero-order valence-electron chi connectivity index (χ0n) is 14.7. The molecule has 1 aromatic rings. The van der Waals surface area contributed by atoms with E-state index in [9.17, 15) is 0 Å². The van der Waals surface area contributed by atoms with E-state index in [0.717, 1.165) is 0 Å². The van der Waals surface area contributed by atoms with Crippen molar-refractivity contribution >= 4 is 40.4 Å². The Labute approximate surface area is 150 Å². The zero-order valence-corrected chi connectivity index (χ0v) is 19.1. The monoisotopic (exact) mass is 472 g/mol. The van der Waals surface area contributed by atoms with Crippen molar-refractivity contribution < 1.29 is 0 Å². The maximum atomic E-state index is 3.69. The molecule has 0 aliphatic rings. The van der Waals surface area contributed by atoms with Gasteiger partial charge in [0.05, 0.1) is 0 Å². The molecule has 0 bridgehead atoms. The van der Waals surface area contributed by atoms with Gasteiger partial charge in [0.2, 0.25) is 0 Å². The maximum absolute atomic E-state index is 3.69. The molecule has 0 aromatic heterocycles. The molecule has 0 fully saturated rings. The number of rotatable bonds is 11. The first kappa shape index (κ1) is 20.3. The summed E-state index contributed by atoms with van der Waals surface area (Å²) in [6.07, 6.45) is 10.8. The van der Waals surface area contributed by atoms with E-state index in [1.54, 1.807) is 13.3 Å². The normalized spacial score (nSPS) is 12.2. The molecule has 0 nitrogen and oxygen atoms in total. The average Bonchev–Trinajstić information content (AvgIpc) is 2.55. The third-order valence-corrected chi connectivity index (χ3v) is 19.4. The molecule has 0 atom stereocenters. The van der Waals surface area contributed by atoms with Crippen LogP contribution in [0.2, 0.25) is 13.3 Å². The summed E-state index contributed by atoms with van der Waals surface area (Å²) < 4.78 is 8.62. The van der Waals surface area contributed by atoms with Crippen LogP contribution >= 0.6 is 15.9 Å². The van der Waals surface area contributed by atoms with Crippen LogP contribution in [-0.2, 0) is 0 Å². The van der Waals surface area contributed by atoms with E-state index in [1.165, 1.54) is 48.6 Å². The van der Waals surface area contributed by atoms with Crippen molar-refractivity contribution in [3.63, 3.8) is 0 Å². The molecule has 0 N–H and O–H groups in total. The van der Waals surface area contributed by atoms with Gasteiger partial charge in [-0.15, -0.1) is 0 Å². The quantitative estimate of drug-likeness (QED) is 0.288. The first-order valence-electron chi connectivity index (χ1n) is 9.11. The molecule has 0 saturated heterocycles. The second-order valence-electron chi connectivity index (χ2n) is 6.53. The van der Waals surface area contributed by atoms with E-state index in [1.807, 2.05) is 0 Å². The molecule has 0 saturated carbocycles. The van der Waals surface area contributed by atoms with Crippen molar-refractivity contribution in [3.8, 4) is 0 Å². The summed E-state index contributed by atoms with van der Waals surface area (Å²) in [6.45, 7) is 7.02.